The van der Waals surface area contributed by atoms with Crippen molar-refractivity contribution >= 4 is 16.9 Å². The van der Waals surface area contributed by atoms with E-state index < -0.39 is 0 Å². The standard InChI is InChI=1S/C17H22N2O4/c1-19(2,3)10-6-9-18-17(21)15-11-12(20)16-13(22-4)7-5-8-14(16)23-15/h5,7-8,11H,6,9-10H2,1-4H3/p+1. The Bertz CT molecular complexity index is 759. The van der Waals surface area contributed by atoms with E-state index in [2.05, 4.69) is 26.5 Å². The van der Waals surface area contributed by atoms with E-state index in [9.17, 15) is 9.59 Å². The molecule has 1 aromatic heterocycles. The van der Waals surface area contributed by atoms with Gasteiger partial charge in [-0.25, -0.2) is 0 Å². The third kappa shape index (κ3) is 4.32. The van der Waals surface area contributed by atoms with Crippen LogP contribution in [-0.4, -0.2) is 51.7 Å². The van der Waals surface area contributed by atoms with E-state index in [0.717, 1.165) is 17.4 Å². The molecule has 1 amide bonds. The van der Waals surface area contributed by atoms with Gasteiger partial charge in [0.2, 0.25) is 0 Å². The topological polar surface area (TPSA) is 68.5 Å². The molecule has 0 radical (unpaired) electrons. The number of hydrogen-bond donors (Lipinski definition) is 1. The lowest BCUT2D eigenvalue weighted by Crippen LogP contribution is -2.37. The van der Waals surface area contributed by atoms with Crippen molar-refractivity contribution in [2.24, 2.45) is 0 Å². The molecule has 6 heteroatoms. The second kappa shape index (κ2) is 6.83. The SMILES string of the molecule is COc1cccc2oc(C(=O)NCCC[N+](C)(C)C)cc(=O)c12. The largest absolute Gasteiger partial charge is 0.496 e. The predicted molar refractivity (Wildman–Crippen MR) is 88.9 cm³/mol. The lowest BCUT2D eigenvalue weighted by molar-refractivity contribution is -0.870. The Morgan fingerprint density at radius 1 is 1.30 bits per heavy atom. The first-order chi connectivity index (χ1) is 10.8. The molecule has 2 aromatic rings. The van der Waals surface area contributed by atoms with Crippen molar-refractivity contribution in [2.45, 2.75) is 6.42 Å². The number of hydrogen-bond acceptors (Lipinski definition) is 4. The van der Waals surface area contributed by atoms with E-state index in [1.165, 1.54) is 13.2 Å². The lowest BCUT2D eigenvalue weighted by Gasteiger charge is -2.23. The zero-order valence-electron chi connectivity index (χ0n) is 14.0. The summed E-state index contributed by atoms with van der Waals surface area (Å²) in [5.41, 5.74) is 0.0496. The van der Waals surface area contributed by atoms with Crippen molar-refractivity contribution in [3.63, 3.8) is 0 Å². The fraction of sp³-hybridized carbons (Fsp3) is 0.412. The summed E-state index contributed by atoms with van der Waals surface area (Å²) in [5.74, 6) is 0.0698. The summed E-state index contributed by atoms with van der Waals surface area (Å²) < 4.78 is 11.5. The molecule has 1 aromatic carbocycles. The van der Waals surface area contributed by atoms with Crippen LogP contribution in [0.4, 0.5) is 0 Å². The van der Waals surface area contributed by atoms with E-state index in [0.29, 0.717) is 23.3 Å². The van der Waals surface area contributed by atoms with Crippen LogP contribution in [-0.2, 0) is 0 Å². The molecular weight excluding hydrogens is 296 g/mol. The number of carbonyl (C=O) groups excluding carboxylic acids is 1. The number of methoxy groups -OCH3 is 1. The molecule has 0 bridgehead atoms. The zero-order valence-corrected chi connectivity index (χ0v) is 14.0. The first-order valence-corrected chi connectivity index (χ1v) is 7.51. The van der Waals surface area contributed by atoms with Crippen LogP contribution < -0.4 is 15.5 Å². The van der Waals surface area contributed by atoms with E-state index in [1.807, 2.05) is 0 Å². The molecule has 0 aliphatic rings. The van der Waals surface area contributed by atoms with Crippen LogP contribution in [0.5, 0.6) is 5.75 Å². The van der Waals surface area contributed by atoms with Crippen LogP contribution in [0.25, 0.3) is 11.0 Å². The van der Waals surface area contributed by atoms with Crippen LogP contribution in [0.15, 0.2) is 33.5 Å². The summed E-state index contributed by atoms with van der Waals surface area (Å²) in [5, 5.41) is 3.12. The minimum atomic E-state index is -0.381. The molecule has 124 valence electrons. The van der Waals surface area contributed by atoms with Crippen LogP contribution in [0.2, 0.25) is 0 Å². The smallest absolute Gasteiger partial charge is 0.287 e. The van der Waals surface area contributed by atoms with E-state index in [1.54, 1.807) is 18.2 Å². The molecule has 0 spiro atoms. The van der Waals surface area contributed by atoms with Crippen LogP contribution in [0.3, 0.4) is 0 Å². The van der Waals surface area contributed by atoms with Gasteiger partial charge in [0.25, 0.3) is 5.91 Å². The van der Waals surface area contributed by atoms with Gasteiger partial charge in [-0.3, -0.25) is 9.59 Å². The van der Waals surface area contributed by atoms with Gasteiger partial charge in [0, 0.05) is 19.0 Å². The Morgan fingerprint density at radius 3 is 2.70 bits per heavy atom. The highest BCUT2D eigenvalue weighted by Gasteiger charge is 2.15. The number of rotatable bonds is 6. The highest BCUT2D eigenvalue weighted by molar-refractivity contribution is 5.94. The number of nitrogens with one attached hydrogen (secondary N) is 1. The third-order valence-corrected chi connectivity index (χ3v) is 3.45. The Labute approximate surface area is 135 Å². The van der Waals surface area contributed by atoms with Crippen molar-refractivity contribution in [3.8, 4) is 5.75 Å². The summed E-state index contributed by atoms with van der Waals surface area (Å²) in [6.07, 6.45) is 0.848. The minimum Gasteiger partial charge on any atom is -0.496 e. The normalized spacial score (nSPS) is 11.5. The van der Waals surface area contributed by atoms with Crippen LogP contribution >= 0.6 is 0 Å². The second-order valence-electron chi connectivity index (χ2n) is 6.43. The Kier molecular flexibility index (Phi) is 5.05. The maximum Gasteiger partial charge on any atom is 0.287 e. The molecule has 0 aliphatic heterocycles. The summed E-state index contributed by atoms with van der Waals surface area (Å²) in [4.78, 5) is 24.4. The number of carbonyl (C=O) groups is 1. The van der Waals surface area contributed by atoms with Crippen LogP contribution in [0.1, 0.15) is 17.0 Å². The summed E-state index contributed by atoms with van der Waals surface area (Å²) in [6, 6.07) is 6.25. The first kappa shape index (κ1) is 17.0. The van der Waals surface area contributed by atoms with Gasteiger partial charge in [0.05, 0.1) is 34.8 Å². The molecule has 0 saturated heterocycles. The number of ether oxygens (including phenoxy) is 1. The molecule has 0 saturated carbocycles. The average Bonchev–Trinajstić information content (AvgIpc) is 2.49. The molecule has 0 aliphatic carbocycles. The molecule has 0 unspecified atom stereocenters. The highest BCUT2D eigenvalue weighted by Crippen LogP contribution is 2.22. The fourth-order valence-corrected chi connectivity index (χ4v) is 2.30. The van der Waals surface area contributed by atoms with Gasteiger partial charge in [-0.15, -0.1) is 0 Å². The van der Waals surface area contributed by atoms with Crippen LogP contribution in [0, 0.1) is 0 Å². The molecule has 2 rings (SSSR count). The molecule has 0 fully saturated rings. The van der Waals surface area contributed by atoms with Crippen molar-refractivity contribution in [1.29, 1.82) is 0 Å². The van der Waals surface area contributed by atoms with E-state index >= 15 is 0 Å². The van der Waals surface area contributed by atoms with Gasteiger partial charge in [-0.2, -0.15) is 0 Å². The van der Waals surface area contributed by atoms with E-state index in [4.69, 9.17) is 9.15 Å². The maximum atomic E-state index is 12.2. The molecule has 0 atom stereocenters. The summed E-state index contributed by atoms with van der Waals surface area (Å²) >= 11 is 0. The van der Waals surface area contributed by atoms with Gasteiger partial charge in [0.1, 0.15) is 16.7 Å². The quantitative estimate of drug-likeness (QED) is 0.649. The number of fused-ring (bicyclic) bond motifs is 1. The predicted octanol–water partition coefficient (Wildman–Crippen LogP) is 1.63. The molecule has 1 N–H and O–H groups in total. The lowest BCUT2D eigenvalue weighted by atomic mass is 10.2. The maximum absolute atomic E-state index is 12.2. The zero-order chi connectivity index (χ0) is 17.0. The Balaban J connectivity index is 2.14. The number of quaternary nitrogens is 1. The van der Waals surface area contributed by atoms with Crippen molar-refractivity contribution in [3.05, 3.63) is 40.2 Å². The van der Waals surface area contributed by atoms with E-state index in [-0.39, 0.29) is 17.1 Å². The third-order valence-electron chi connectivity index (χ3n) is 3.45. The summed E-state index contributed by atoms with van der Waals surface area (Å²) in [7, 11) is 7.77. The average molecular weight is 319 g/mol. The van der Waals surface area contributed by atoms with Gasteiger partial charge >= 0.3 is 0 Å². The van der Waals surface area contributed by atoms with Gasteiger partial charge in [0.15, 0.2) is 11.2 Å². The monoisotopic (exact) mass is 319 g/mol. The number of nitrogens with zero attached hydrogens (tertiary/aromatic N) is 1. The summed E-state index contributed by atoms with van der Waals surface area (Å²) in [6.45, 7) is 1.48. The Morgan fingerprint density at radius 2 is 2.04 bits per heavy atom. The molecule has 23 heavy (non-hydrogen) atoms. The van der Waals surface area contributed by atoms with Crippen molar-refractivity contribution in [1.82, 2.24) is 5.32 Å². The number of benzene rings is 1. The fourth-order valence-electron chi connectivity index (χ4n) is 2.30. The Hall–Kier alpha value is -2.34. The van der Waals surface area contributed by atoms with Gasteiger partial charge < -0.3 is 19.0 Å². The minimum absolute atomic E-state index is 0.0148. The molecular formula is C17H23N2O4+. The first-order valence-electron chi connectivity index (χ1n) is 7.51. The molecule has 6 nitrogen and oxygen atoms in total. The van der Waals surface area contributed by atoms with Gasteiger partial charge in [-0.05, 0) is 12.1 Å². The second-order valence-corrected chi connectivity index (χ2v) is 6.43. The number of amides is 1. The highest BCUT2D eigenvalue weighted by atomic mass is 16.5. The van der Waals surface area contributed by atoms with Gasteiger partial charge in [-0.1, -0.05) is 6.07 Å². The van der Waals surface area contributed by atoms with Crippen molar-refractivity contribution < 1.29 is 18.4 Å². The van der Waals surface area contributed by atoms with Crippen molar-refractivity contribution in [2.75, 3.05) is 41.3 Å². The molecule has 1 heterocycles.